The van der Waals surface area contributed by atoms with Gasteiger partial charge < -0.3 is 5.32 Å². The van der Waals surface area contributed by atoms with Gasteiger partial charge in [0, 0.05) is 24.4 Å². The third kappa shape index (κ3) is 3.68. The minimum Gasteiger partial charge on any atom is -0.311 e. The highest BCUT2D eigenvalue weighted by Crippen LogP contribution is 2.15. The molecule has 0 aromatic carbocycles. The summed E-state index contributed by atoms with van der Waals surface area (Å²) in [6.07, 6.45) is 1.14. The summed E-state index contributed by atoms with van der Waals surface area (Å²) >= 11 is 0. The Hall–Kier alpha value is -2.17. The highest BCUT2D eigenvalue weighted by Gasteiger charge is 2.12. The molecule has 0 saturated heterocycles. The molecule has 5 nitrogen and oxygen atoms in total. The molecule has 0 aliphatic rings. The standard InChI is InChI=1S/C16H22N4O/c1-5-20-13(4)14(12(3)19-20)9-10-16(21)18-15-8-6-7-11(2)17-15/h6-8H,5,9-10H2,1-4H3,(H,17,18,21). The number of rotatable bonds is 5. The van der Waals surface area contributed by atoms with Crippen LogP contribution in [0.1, 0.15) is 36.0 Å². The second-order valence-electron chi connectivity index (χ2n) is 5.18. The van der Waals surface area contributed by atoms with Crippen molar-refractivity contribution < 1.29 is 4.79 Å². The molecule has 2 heterocycles. The van der Waals surface area contributed by atoms with Crippen molar-refractivity contribution in [2.24, 2.45) is 0 Å². The Balaban J connectivity index is 1.97. The molecule has 0 aliphatic heterocycles. The molecule has 112 valence electrons. The van der Waals surface area contributed by atoms with Gasteiger partial charge in [-0.25, -0.2) is 4.98 Å². The first-order valence-corrected chi connectivity index (χ1v) is 7.27. The monoisotopic (exact) mass is 286 g/mol. The summed E-state index contributed by atoms with van der Waals surface area (Å²) < 4.78 is 1.98. The van der Waals surface area contributed by atoms with E-state index >= 15 is 0 Å². The Morgan fingerprint density at radius 1 is 1.29 bits per heavy atom. The molecule has 1 amide bonds. The third-order valence-electron chi connectivity index (χ3n) is 3.59. The number of nitrogens with one attached hydrogen (secondary N) is 1. The molecule has 0 spiro atoms. The highest BCUT2D eigenvalue weighted by molar-refractivity contribution is 5.89. The van der Waals surface area contributed by atoms with E-state index in [0.29, 0.717) is 18.7 Å². The van der Waals surface area contributed by atoms with Crippen LogP contribution < -0.4 is 5.32 Å². The first kappa shape index (κ1) is 15.2. The lowest BCUT2D eigenvalue weighted by molar-refractivity contribution is -0.116. The van der Waals surface area contributed by atoms with Crippen LogP contribution in [0, 0.1) is 20.8 Å². The van der Waals surface area contributed by atoms with Gasteiger partial charge in [0.2, 0.25) is 5.91 Å². The van der Waals surface area contributed by atoms with E-state index < -0.39 is 0 Å². The molecule has 2 aromatic heterocycles. The maximum absolute atomic E-state index is 12.0. The summed E-state index contributed by atoms with van der Waals surface area (Å²) in [5, 5.41) is 7.31. The molecule has 0 atom stereocenters. The number of aryl methyl sites for hydroxylation is 3. The van der Waals surface area contributed by atoms with Crippen LogP contribution in [0.3, 0.4) is 0 Å². The van der Waals surface area contributed by atoms with Crippen molar-refractivity contribution in [3.05, 3.63) is 40.8 Å². The van der Waals surface area contributed by atoms with Crippen LogP contribution in [-0.4, -0.2) is 20.7 Å². The van der Waals surface area contributed by atoms with Crippen molar-refractivity contribution in [3.8, 4) is 0 Å². The molecule has 0 bridgehead atoms. The van der Waals surface area contributed by atoms with Crippen molar-refractivity contribution in [2.75, 3.05) is 5.32 Å². The quantitative estimate of drug-likeness (QED) is 0.919. The predicted octanol–water partition coefficient (Wildman–Crippen LogP) is 2.79. The Morgan fingerprint density at radius 2 is 2.05 bits per heavy atom. The van der Waals surface area contributed by atoms with Crippen molar-refractivity contribution in [1.82, 2.24) is 14.8 Å². The van der Waals surface area contributed by atoms with E-state index in [1.807, 2.05) is 30.7 Å². The van der Waals surface area contributed by atoms with Gasteiger partial charge in [0.1, 0.15) is 5.82 Å². The zero-order chi connectivity index (χ0) is 15.4. The molecule has 0 aliphatic carbocycles. The van der Waals surface area contributed by atoms with E-state index in [-0.39, 0.29) is 5.91 Å². The lowest BCUT2D eigenvalue weighted by Crippen LogP contribution is -2.14. The lowest BCUT2D eigenvalue weighted by atomic mass is 10.1. The summed E-state index contributed by atoms with van der Waals surface area (Å²) in [7, 11) is 0. The Labute approximate surface area is 125 Å². The third-order valence-corrected chi connectivity index (χ3v) is 3.59. The van der Waals surface area contributed by atoms with Gasteiger partial charge in [0.05, 0.1) is 5.69 Å². The number of pyridine rings is 1. The Morgan fingerprint density at radius 3 is 2.67 bits per heavy atom. The fraction of sp³-hybridized carbons (Fsp3) is 0.438. The van der Waals surface area contributed by atoms with E-state index in [4.69, 9.17) is 0 Å². The average Bonchev–Trinajstić information content (AvgIpc) is 2.71. The van der Waals surface area contributed by atoms with Crippen molar-refractivity contribution in [2.45, 2.75) is 47.1 Å². The van der Waals surface area contributed by atoms with Gasteiger partial charge in [0.15, 0.2) is 0 Å². The largest absolute Gasteiger partial charge is 0.311 e. The second kappa shape index (κ2) is 6.52. The maximum Gasteiger partial charge on any atom is 0.225 e. The molecule has 1 N–H and O–H groups in total. The Kier molecular flexibility index (Phi) is 4.73. The summed E-state index contributed by atoms with van der Waals surface area (Å²) in [5.74, 6) is 0.592. The number of hydrogen-bond donors (Lipinski definition) is 1. The molecule has 0 fully saturated rings. The summed E-state index contributed by atoms with van der Waals surface area (Å²) in [4.78, 5) is 16.3. The zero-order valence-electron chi connectivity index (χ0n) is 13.1. The minimum atomic E-state index is -0.0175. The van der Waals surface area contributed by atoms with E-state index in [9.17, 15) is 4.79 Å². The first-order valence-electron chi connectivity index (χ1n) is 7.27. The minimum absolute atomic E-state index is 0.0175. The number of nitrogens with zero attached hydrogens (tertiary/aromatic N) is 3. The summed E-state index contributed by atoms with van der Waals surface area (Å²) in [5.41, 5.74) is 4.22. The average molecular weight is 286 g/mol. The van der Waals surface area contributed by atoms with Crippen LogP contribution in [0.4, 0.5) is 5.82 Å². The van der Waals surface area contributed by atoms with E-state index in [2.05, 4.69) is 29.2 Å². The fourth-order valence-electron chi connectivity index (χ4n) is 2.46. The number of hydrogen-bond acceptors (Lipinski definition) is 3. The lowest BCUT2D eigenvalue weighted by Gasteiger charge is -2.06. The number of aromatic nitrogens is 3. The molecule has 2 rings (SSSR count). The van der Waals surface area contributed by atoms with Gasteiger partial charge in [-0.05, 0) is 51.8 Å². The fourth-order valence-corrected chi connectivity index (χ4v) is 2.46. The van der Waals surface area contributed by atoms with Crippen LogP contribution in [0.15, 0.2) is 18.2 Å². The summed E-state index contributed by atoms with van der Waals surface area (Å²) in [6, 6.07) is 5.59. The van der Waals surface area contributed by atoms with Crippen LogP contribution in [0.25, 0.3) is 0 Å². The van der Waals surface area contributed by atoms with Gasteiger partial charge in [-0.15, -0.1) is 0 Å². The number of anilines is 1. The molecule has 2 aromatic rings. The zero-order valence-corrected chi connectivity index (χ0v) is 13.1. The van der Waals surface area contributed by atoms with Crippen molar-refractivity contribution >= 4 is 11.7 Å². The van der Waals surface area contributed by atoms with Gasteiger partial charge in [0.25, 0.3) is 0 Å². The second-order valence-corrected chi connectivity index (χ2v) is 5.18. The molecule has 0 unspecified atom stereocenters. The molecular weight excluding hydrogens is 264 g/mol. The number of amides is 1. The van der Waals surface area contributed by atoms with E-state index in [1.165, 1.54) is 5.56 Å². The molecule has 21 heavy (non-hydrogen) atoms. The van der Waals surface area contributed by atoms with Crippen LogP contribution in [-0.2, 0) is 17.8 Å². The van der Waals surface area contributed by atoms with Crippen LogP contribution >= 0.6 is 0 Å². The predicted molar refractivity (Wildman–Crippen MR) is 83.3 cm³/mol. The van der Waals surface area contributed by atoms with Crippen molar-refractivity contribution in [3.63, 3.8) is 0 Å². The van der Waals surface area contributed by atoms with Crippen molar-refractivity contribution in [1.29, 1.82) is 0 Å². The summed E-state index contributed by atoms with van der Waals surface area (Å²) in [6.45, 7) is 8.88. The molecular formula is C16H22N4O. The van der Waals surface area contributed by atoms with E-state index in [1.54, 1.807) is 6.07 Å². The van der Waals surface area contributed by atoms with Gasteiger partial charge in [-0.2, -0.15) is 5.10 Å². The maximum atomic E-state index is 12.0. The van der Waals surface area contributed by atoms with Gasteiger partial charge in [-0.1, -0.05) is 6.07 Å². The van der Waals surface area contributed by atoms with Crippen LogP contribution in [0.5, 0.6) is 0 Å². The number of carbonyl (C=O) groups is 1. The number of carbonyl (C=O) groups excluding carboxylic acids is 1. The highest BCUT2D eigenvalue weighted by atomic mass is 16.1. The normalized spacial score (nSPS) is 10.7. The molecule has 0 radical (unpaired) electrons. The Bertz CT molecular complexity index is 646. The molecule has 5 heteroatoms. The van der Waals surface area contributed by atoms with E-state index in [0.717, 1.165) is 23.6 Å². The van der Waals surface area contributed by atoms with Crippen LogP contribution in [0.2, 0.25) is 0 Å². The van der Waals surface area contributed by atoms with Gasteiger partial charge >= 0.3 is 0 Å². The molecule has 0 saturated carbocycles. The smallest absolute Gasteiger partial charge is 0.225 e. The SMILES string of the molecule is CCn1nc(C)c(CCC(=O)Nc2cccc(C)n2)c1C. The first-order chi connectivity index (χ1) is 10.0. The van der Waals surface area contributed by atoms with Gasteiger partial charge in [-0.3, -0.25) is 9.48 Å². The topological polar surface area (TPSA) is 59.8 Å².